The van der Waals surface area contributed by atoms with Crippen LogP contribution in [0, 0.1) is 23.2 Å². The fraction of sp³-hybridized carbons (Fsp3) is 0.786. The molecule has 84 valence electrons. The van der Waals surface area contributed by atoms with E-state index in [1.54, 1.807) is 0 Å². The molecule has 4 unspecified atom stereocenters. The zero-order valence-electron chi connectivity index (χ0n) is 10.1. The summed E-state index contributed by atoms with van der Waals surface area (Å²) >= 11 is 0. The first-order valence-corrected chi connectivity index (χ1v) is 6.30. The van der Waals surface area contributed by atoms with Crippen molar-refractivity contribution in [2.75, 3.05) is 0 Å². The first-order chi connectivity index (χ1) is 7.10. The summed E-state index contributed by atoms with van der Waals surface area (Å²) in [6.07, 6.45) is 8.81. The van der Waals surface area contributed by atoms with E-state index in [-0.39, 0.29) is 5.41 Å². The Kier molecular flexibility index (Phi) is 2.74. The van der Waals surface area contributed by atoms with Crippen molar-refractivity contribution in [1.82, 2.24) is 0 Å². The van der Waals surface area contributed by atoms with Crippen LogP contribution in [0.15, 0.2) is 12.2 Å². The van der Waals surface area contributed by atoms with E-state index in [4.69, 9.17) is 0 Å². The van der Waals surface area contributed by atoms with Gasteiger partial charge >= 0.3 is 0 Å². The second-order valence-electron chi connectivity index (χ2n) is 5.47. The van der Waals surface area contributed by atoms with Crippen LogP contribution in [0.3, 0.4) is 0 Å². The van der Waals surface area contributed by atoms with Gasteiger partial charge in [-0.15, -0.1) is 0 Å². The molecule has 0 aromatic rings. The van der Waals surface area contributed by atoms with Crippen molar-refractivity contribution in [2.45, 2.75) is 46.5 Å². The highest BCUT2D eigenvalue weighted by molar-refractivity contribution is 5.86. The Labute approximate surface area is 92.9 Å². The Morgan fingerprint density at radius 2 is 2.27 bits per heavy atom. The van der Waals surface area contributed by atoms with E-state index in [1.807, 2.05) is 0 Å². The van der Waals surface area contributed by atoms with Crippen molar-refractivity contribution in [3.05, 3.63) is 12.2 Å². The molecule has 1 saturated carbocycles. The third-order valence-corrected chi connectivity index (χ3v) is 4.97. The fourth-order valence-corrected chi connectivity index (χ4v) is 3.63. The van der Waals surface area contributed by atoms with Crippen LogP contribution in [-0.2, 0) is 4.79 Å². The maximum Gasteiger partial charge on any atom is 0.139 e. The normalized spacial score (nSPS) is 45.3. The summed E-state index contributed by atoms with van der Waals surface area (Å²) in [5.74, 6) is 2.30. The standard InChI is InChI=1S/C14H22O/c1-4-11-8-9-13(15)14(3)10(2)6-5-7-12(11)14/h5-6,10-12H,4,7-9H2,1-3H3. The number of hydrogen-bond donors (Lipinski definition) is 0. The van der Waals surface area contributed by atoms with Crippen LogP contribution in [0.25, 0.3) is 0 Å². The van der Waals surface area contributed by atoms with Crippen LogP contribution in [0.5, 0.6) is 0 Å². The smallest absolute Gasteiger partial charge is 0.139 e. The van der Waals surface area contributed by atoms with Gasteiger partial charge in [-0.25, -0.2) is 0 Å². The number of fused-ring (bicyclic) bond motifs is 1. The van der Waals surface area contributed by atoms with E-state index in [0.717, 1.165) is 25.2 Å². The third kappa shape index (κ3) is 1.47. The molecular formula is C14H22O. The lowest BCUT2D eigenvalue weighted by atomic mass is 9.54. The van der Waals surface area contributed by atoms with Gasteiger partial charge in [0.2, 0.25) is 0 Å². The molecule has 0 N–H and O–H groups in total. The Hall–Kier alpha value is -0.590. The van der Waals surface area contributed by atoms with E-state index in [2.05, 4.69) is 32.9 Å². The Bertz CT molecular complexity index is 292. The Balaban J connectivity index is 2.36. The van der Waals surface area contributed by atoms with Gasteiger partial charge in [0.05, 0.1) is 0 Å². The first-order valence-electron chi connectivity index (χ1n) is 6.30. The molecule has 0 aromatic heterocycles. The molecule has 0 bridgehead atoms. The molecule has 2 aliphatic rings. The van der Waals surface area contributed by atoms with Crippen molar-refractivity contribution in [2.24, 2.45) is 23.2 Å². The lowest BCUT2D eigenvalue weighted by Crippen LogP contribution is -2.48. The minimum Gasteiger partial charge on any atom is -0.299 e. The summed E-state index contributed by atoms with van der Waals surface area (Å²) in [5.41, 5.74) is -0.0618. The SMILES string of the molecule is CCC1CCC(=O)C2(C)C(C)C=CCC12. The van der Waals surface area contributed by atoms with E-state index >= 15 is 0 Å². The summed E-state index contributed by atoms with van der Waals surface area (Å²) in [5, 5.41) is 0. The first kappa shape index (κ1) is 10.9. The van der Waals surface area contributed by atoms with Gasteiger partial charge in [0, 0.05) is 11.8 Å². The van der Waals surface area contributed by atoms with Crippen molar-refractivity contribution < 1.29 is 4.79 Å². The molecule has 2 aliphatic carbocycles. The van der Waals surface area contributed by atoms with Gasteiger partial charge in [-0.2, -0.15) is 0 Å². The largest absolute Gasteiger partial charge is 0.299 e. The number of rotatable bonds is 1. The third-order valence-electron chi connectivity index (χ3n) is 4.97. The van der Waals surface area contributed by atoms with Gasteiger partial charge in [-0.3, -0.25) is 4.79 Å². The van der Waals surface area contributed by atoms with Gasteiger partial charge in [-0.05, 0) is 30.6 Å². The highest BCUT2D eigenvalue weighted by Crippen LogP contribution is 2.52. The number of carbonyl (C=O) groups excluding carboxylic acids is 1. The molecule has 0 aliphatic heterocycles. The number of carbonyl (C=O) groups is 1. The predicted molar refractivity (Wildman–Crippen MR) is 62.5 cm³/mol. The van der Waals surface area contributed by atoms with Crippen molar-refractivity contribution in [3.8, 4) is 0 Å². The van der Waals surface area contributed by atoms with Gasteiger partial charge in [0.25, 0.3) is 0 Å². The van der Waals surface area contributed by atoms with Crippen LogP contribution in [0.2, 0.25) is 0 Å². The zero-order valence-corrected chi connectivity index (χ0v) is 10.1. The lowest BCUT2D eigenvalue weighted by Gasteiger charge is -2.49. The molecule has 15 heavy (non-hydrogen) atoms. The van der Waals surface area contributed by atoms with E-state index in [9.17, 15) is 4.79 Å². The van der Waals surface area contributed by atoms with Crippen LogP contribution < -0.4 is 0 Å². The molecule has 0 spiro atoms. The van der Waals surface area contributed by atoms with E-state index < -0.39 is 0 Å². The predicted octanol–water partition coefficient (Wildman–Crippen LogP) is 3.59. The van der Waals surface area contributed by atoms with E-state index in [1.165, 1.54) is 6.42 Å². The Morgan fingerprint density at radius 1 is 1.53 bits per heavy atom. The molecule has 0 aromatic carbocycles. The molecule has 1 nitrogen and oxygen atoms in total. The minimum absolute atomic E-state index is 0.0618. The topological polar surface area (TPSA) is 17.1 Å². The zero-order chi connectivity index (χ0) is 11.1. The molecule has 0 radical (unpaired) electrons. The molecule has 2 rings (SSSR count). The molecule has 0 amide bonds. The molecule has 0 saturated heterocycles. The highest BCUT2D eigenvalue weighted by Gasteiger charge is 2.50. The summed E-state index contributed by atoms with van der Waals surface area (Å²) in [4.78, 5) is 12.2. The van der Waals surface area contributed by atoms with Crippen LogP contribution in [0.1, 0.15) is 46.5 Å². The quantitative estimate of drug-likeness (QED) is 0.599. The number of hydrogen-bond acceptors (Lipinski definition) is 1. The average Bonchev–Trinajstić information content (AvgIpc) is 2.23. The number of allylic oxidation sites excluding steroid dienone is 2. The Morgan fingerprint density at radius 3 is 2.93 bits per heavy atom. The minimum atomic E-state index is -0.0618. The summed E-state index contributed by atoms with van der Waals surface area (Å²) in [6.45, 7) is 6.68. The second-order valence-corrected chi connectivity index (χ2v) is 5.47. The van der Waals surface area contributed by atoms with Gasteiger partial charge in [0.15, 0.2) is 0 Å². The molecular weight excluding hydrogens is 184 g/mol. The second kappa shape index (κ2) is 3.77. The lowest BCUT2D eigenvalue weighted by molar-refractivity contribution is -0.140. The highest BCUT2D eigenvalue weighted by atomic mass is 16.1. The molecule has 0 heterocycles. The van der Waals surface area contributed by atoms with Crippen LogP contribution >= 0.6 is 0 Å². The van der Waals surface area contributed by atoms with E-state index in [0.29, 0.717) is 17.6 Å². The van der Waals surface area contributed by atoms with Crippen LogP contribution in [0.4, 0.5) is 0 Å². The number of ketones is 1. The van der Waals surface area contributed by atoms with Gasteiger partial charge in [-0.1, -0.05) is 39.3 Å². The summed E-state index contributed by atoms with van der Waals surface area (Å²) in [7, 11) is 0. The maximum atomic E-state index is 12.2. The van der Waals surface area contributed by atoms with Crippen molar-refractivity contribution >= 4 is 5.78 Å². The summed E-state index contributed by atoms with van der Waals surface area (Å²) in [6, 6.07) is 0. The van der Waals surface area contributed by atoms with Crippen LogP contribution in [-0.4, -0.2) is 5.78 Å². The van der Waals surface area contributed by atoms with Gasteiger partial charge < -0.3 is 0 Å². The van der Waals surface area contributed by atoms with Crippen molar-refractivity contribution in [1.29, 1.82) is 0 Å². The maximum absolute atomic E-state index is 12.2. The monoisotopic (exact) mass is 206 g/mol. The fourth-order valence-electron chi connectivity index (χ4n) is 3.63. The average molecular weight is 206 g/mol. The molecule has 4 atom stereocenters. The molecule has 1 heteroatoms. The summed E-state index contributed by atoms with van der Waals surface area (Å²) < 4.78 is 0. The van der Waals surface area contributed by atoms with Crippen molar-refractivity contribution in [3.63, 3.8) is 0 Å². The molecule has 1 fully saturated rings. The van der Waals surface area contributed by atoms with Gasteiger partial charge in [0.1, 0.15) is 5.78 Å². The number of Topliss-reactive ketones (excluding diaryl/α,β-unsaturated/α-hetero) is 1.